The molecule has 57 heavy (non-hydrogen) atoms. The van der Waals surface area contributed by atoms with Gasteiger partial charge in [0.05, 0.1) is 34.2 Å². The Balaban J connectivity index is 0.984. The van der Waals surface area contributed by atoms with Gasteiger partial charge in [0, 0.05) is 45.7 Å². The first-order chi connectivity index (χ1) is 28.3. The Hall–Kier alpha value is -7.50. The molecule has 13 rings (SSSR count). The molecule has 5 heterocycles. The van der Waals surface area contributed by atoms with Gasteiger partial charge >= 0.3 is 0 Å². The van der Waals surface area contributed by atoms with E-state index in [-0.39, 0.29) is 0 Å². The van der Waals surface area contributed by atoms with E-state index < -0.39 is 5.41 Å². The van der Waals surface area contributed by atoms with Gasteiger partial charge in [-0.3, -0.25) is 9.55 Å². The smallest absolute Gasteiger partial charge is 0.145 e. The summed E-state index contributed by atoms with van der Waals surface area (Å²) in [5, 5.41) is 5.76. The first-order valence-corrected chi connectivity index (χ1v) is 19.6. The molecule has 3 aliphatic rings. The lowest BCUT2D eigenvalue weighted by Crippen LogP contribution is -2.25. The number of pyridine rings is 2. The fraction of sp³-hybridized carbons (Fsp3) is 0.0385. The lowest BCUT2D eigenvalue weighted by molar-refractivity contribution is 0.794. The second-order valence-corrected chi connectivity index (χ2v) is 15.4. The standard InChI is InChI=1S/C52H33N5/c1-4-13-42-36(9-1)37-10-2-5-14-43(37)52(42)44-15-6-3-11-40(44)48-45(52)26-25-38-39-12-7-29-55-51(39)57(50(38)48)35-23-19-33(20-24-35)32-17-21-34(22-18-32)56-46-16-8-28-54-49(46)41-27-30-53-31-47(41)56/h1-30,53H,31H2. The van der Waals surface area contributed by atoms with Gasteiger partial charge in [0.25, 0.3) is 0 Å². The van der Waals surface area contributed by atoms with Crippen molar-refractivity contribution < 1.29 is 0 Å². The molecular formula is C52H33N5. The van der Waals surface area contributed by atoms with Crippen LogP contribution in [0, 0.1) is 0 Å². The predicted molar refractivity (Wildman–Crippen MR) is 231 cm³/mol. The van der Waals surface area contributed by atoms with Crippen molar-refractivity contribution in [2.45, 2.75) is 12.0 Å². The summed E-state index contributed by atoms with van der Waals surface area (Å²) < 4.78 is 4.73. The molecule has 0 amide bonds. The van der Waals surface area contributed by atoms with Crippen LogP contribution in [-0.2, 0) is 12.0 Å². The van der Waals surface area contributed by atoms with Crippen LogP contribution < -0.4 is 5.32 Å². The Morgan fingerprint density at radius 3 is 1.84 bits per heavy atom. The van der Waals surface area contributed by atoms with Gasteiger partial charge in [0.2, 0.25) is 0 Å². The SMILES string of the molecule is C1=Cc2c(n(-c3ccc(-c4ccc(-n5c6ncccc6c6ccc7c(c65)-c5ccccc5C75c6ccccc6-c6ccccc65)cc4)cc3)c3cccnc23)CN1. The van der Waals surface area contributed by atoms with Crippen LogP contribution in [0.25, 0.3) is 83.8 Å². The molecule has 0 saturated heterocycles. The van der Waals surface area contributed by atoms with Crippen LogP contribution in [0.5, 0.6) is 0 Å². The molecule has 5 nitrogen and oxygen atoms in total. The van der Waals surface area contributed by atoms with Gasteiger partial charge < -0.3 is 9.88 Å². The number of rotatable bonds is 3. The topological polar surface area (TPSA) is 47.7 Å². The lowest BCUT2D eigenvalue weighted by atomic mass is 9.70. The van der Waals surface area contributed by atoms with Crippen molar-refractivity contribution in [2.24, 2.45) is 0 Å². The molecule has 266 valence electrons. The first-order valence-electron chi connectivity index (χ1n) is 19.6. The average Bonchev–Trinajstić information content (AvgIpc) is 3.99. The van der Waals surface area contributed by atoms with Crippen molar-refractivity contribution in [1.29, 1.82) is 0 Å². The van der Waals surface area contributed by atoms with E-state index in [0.717, 1.165) is 40.0 Å². The number of fused-ring (bicyclic) bond motifs is 17. The zero-order chi connectivity index (χ0) is 37.2. The third kappa shape index (κ3) is 3.92. The van der Waals surface area contributed by atoms with Crippen LogP contribution in [0.15, 0.2) is 176 Å². The van der Waals surface area contributed by atoms with Crippen LogP contribution in [0.1, 0.15) is 33.5 Å². The Bertz CT molecular complexity index is 3300. The number of nitrogens with one attached hydrogen (secondary N) is 1. The Morgan fingerprint density at radius 2 is 1.12 bits per heavy atom. The first kappa shape index (κ1) is 30.8. The Morgan fingerprint density at radius 1 is 0.509 bits per heavy atom. The highest BCUT2D eigenvalue weighted by molar-refractivity contribution is 6.16. The van der Waals surface area contributed by atoms with Crippen LogP contribution in [0.3, 0.4) is 0 Å². The van der Waals surface area contributed by atoms with E-state index in [9.17, 15) is 0 Å². The van der Waals surface area contributed by atoms with Gasteiger partial charge in [0.1, 0.15) is 5.65 Å². The largest absolute Gasteiger partial charge is 0.385 e. The molecule has 1 N–H and O–H groups in total. The van der Waals surface area contributed by atoms with E-state index in [1.165, 1.54) is 77.8 Å². The minimum atomic E-state index is -0.409. The molecule has 0 radical (unpaired) electrons. The molecular weight excluding hydrogens is 695 g/mol. The molecule has 1 spiro atoms. The lowest BCUT2D eigenvalue weighted by Gasteiger charge is -2.30. The molecule has 5 heteroatoms. The van der Waals surface area contributed by atoms with E-state index in [0.29, 0.717) is 0 Å². The zero-order valence-electron chi connectivity index (χ0n) is 30.8. The predicted octanol–water partition coefficient (Wildman–Crippen LogP) is 11.6. The van der Waals surface area contributed by atoms with Crippen LogP contribution >= 0.6 is 0 Å². The van der Waals surface area contributed by atoms with Gasteiger partial charge in [-0.15, -0.1) is 0 Å². The summed E-state index contributed by atoms with van der Waals surface area (Å²) in [6.45, 7) is 0.763. The highest BCUT2D eigenvalue weighted by atomic mass is 15.1. The zero-order valence-corrected chi connectivity index (χ0v) is 30.8. The van der Waals surface area contributed by atoms with E-state index in [2.05, 4.69) is 172 Å². The van der Waals surface area contributed by atoms with E-state index >= 15 is 0 Å². The maximum atomic E-state index is 5.05. The summed E-state index contributed by atoms with van der Waals surface area (Å²) >= 11 is 0. The van der Waals surface area contributed by atoms with Crippen LogP contribution in [-0.4, -0.2) is 19.1 Å². The van der Waals surface area contributed by atoms with Crippen molar-refractivity contribution in [1.82, 2.24) is 24.4 Å². The molecule has 0 unspecified atom stereocenters. The maximum Gasteiger partial charge on any atom is 0.145 e. The number of benzene rings is 6. The van der Waals surface area contributed by atoms with Gasteiger partial charge in [-0.25, -0.2) is 4.98 Å². The summed E-state index contributed by atoms with van der Waals surface area (Å²) in [7, 11) is 0. The maximum absolute atomic E-state index is 5.05. The van der Waals surface area contributed by atoms with Gasteiger partial charge in [-0.1, -0.05) is 109 Å². The highest BCUT2D eigenvalue weighted by Crippen LogP contribution is 2.64. The highest BCUT2D eigenvalue weighted by Gasteiger charge is 2.52. The molecule has 10 aromatic rings. The minimum Gasteiger partial charge on any atom is -0.385 e. The van der Waals surface area contributed by atoms with Crippen LogP contribution in [0.2, 0.25) is 0 Å². The second kappa shape index (κ2) is 11.3. The molecule has 0 atom stereocenters. The summed E-state index contributed by atoms with van der Waals surface area (Å²) in [4.78, 5) is 9.78. The molecule has 2 aliphatic carbocycles. The third-order valence-corrected chi connectivity index (χ3v) is 12.7. The van der Waals surface area contributed by atoms with E-state index in [1.807, 2.05) is 24.7 Å². The molecule has 0 fully saturated rings. The van der Waals surface area contributed by atoms with Gasteiger partial charge in [-0.2, -0.15) is 0 Å². The number of hydrogen-bond acceptors (Lipinski definition) is 3. The van der Waals surface area contributed by atoms with Crippen LogP contribution in [0.4, 0.5) is 0 Å². The molecule has 0 saturated carbocycles. The Kier molecular flexibility index (Phi) is 6.09. The summed E-state index contributed by atoms with van der Waals surface area (Å²) in [5.41, 5.74) is 21.4. The van der Waals surface area contributed by atoms with Crippen molar-refractivity contribution in [3.05, 3.63) is 210 Å². The Labute approximate surface area is 328 Å². The second-order valence-electron chi connectivity index (χ2n) is 15.4. The summed E-state index contributed by atoms with van der Waals surface area (Å²) in [5.74, 6) is 0. The number of aromatic nitrogens is 4. The fourth-order valence-electron chi connectivity index (χ4n) is 10.5. The quantitative estimate of drug-likeness (QED) is 0.197. The number of hydrogen-bond donors (Lipinski definition) is 1. The van der Waals surface area contributed by atoms with Crippen molar-refractivity contribution in [3.8, 4) is 44.8 Å². The molecule has 4 aromatic heterocycles. The molecule has 6 aromatic carbocycles. The summed E-state index contributed by atoms with van der Waals surface area (Å²) in [6, 6.07) is 58.2. The monoisotopic (exact) mass is 727 g/mol. The molecule has 0 bridgehead atoms. The third-order valence-electron chi connectivity index (χ3n) is 12.7. The molecule has 1 aliphatic heterocycles. The van der Waals surface area contributed by atoms with Crippen molar-refractivity contribution in [3.63, 3.8) is 0 Å². The van der Waals surface area contributed by atoms with E-state index in [4.69, 9.17) is 9.97 Å². The number of nitrogens with zero attached hydrogens (tertiary/aromatic N) is 4. The fourth-order valence-corrected chi connectivity index (χ4v) is 10.5. The summed E-state index contributed by atoms with van der Waals surface area (Å²) in [6.07, 6.45) is 7.94. The average molecular weight is 728 g/mol. The van der Waals surface area contributed by atoms with Crippen molar-refractivity contribution >= 4 is 39.0 Å². The van der Waals surface area contributed by atoms with Gasteiger partial charge in [0.15, 0.2) is 0 Å². The van der Waals surface area contributed by atoms with E-state index in [1.54, 1.807) is 0 Å². The van der Waals surface area contributed by atoms with Crippen molar-refractivity contribution in [2.75, 3.05) is 0 Å². The normalized spacial score (nSPS) is 14.1. The minimum absolute atomic E-state index is 0.409. The van der Waals surface area contributed by atoms with Gasteiger partial charge in [-0.05, 0) is 111 Å².